The average Bonchev–Trinajstić information content (AvgIpc) is 2.28. The van der Waals surface area contributed by atoms with Crippen molar-refractivity contribution in [3.8, 4) is 0 Å². The molecule has 88 valence electrons. The second kappa shape index (κ2) is 8.22. The average molecular weight is 226 g/mol. The summed E-state index contributed by atoms with van der Waals surface area (Å²) in [5.41, 5.74) is 5.45. The number of ether oxygens (including phenoxy) is 1. The Hall–Kier alpha value is -2.11. The molecule has 3 N–H and O–H groups in total. The normalized spacial score (nSPS) is 8.56. The Morgan fingerprint density at radius 1 is 1.44 bits per heavy atom. The monoisotopic (exact) mass is 226 g/mol. The second-order valence-electron chi connectivity index (χ2n) is 2.77. The van der Waals surface area contributed by atoms with Crippen molar-refractivity contribution in [1.82, 2.24) is 4.98 Å². The van der Waals surface area contributed by atoms with E-state index in [0.717, 1.165) is 5.56 Å². The molecule has 0 aromatic carbocycles. The first-order chi connectivity index (χ1) is 7.56. The van der Waals surface area contributed by atoms with Crippen molar-refractivity contribution < 1.29 is 19.4 Å². The van der Waals surface area contributed by atoms with Crippen LogP contribution in [0.15, 0.2) is 24.5 Å². The number of aliphatic carboxylic acids is 1. The summed E-state index contributed by atoms with van der Waals surface area (Å²) in [6.45, 7) is 0. The summed E-state index contributed by atoms with van der Waals surface area (Å²) in [6, 6.07) is 3.64. The SMILES string of the molecule is COC(N)=O.O=C(O)CCc1ccncc1. The fourth-order valence-corrected chi connectivity index (χ4v) is 0.801. The molecule has 1 aromatic heterocycles. The van der Waals surface area contributed by atoms with Crippen LogP contribution in [-0.4, -0.2) is 29.3 Å². The molecule has 0 aliphatic carbocycles. The van der Waals surface area contributed by atoms with Gasteiger partial charge in [0.05, 0.1) is 7.11 Å². The van der Waals surface area contributed by atoms with Gasteiger partial charge < -0.3 is 15.6 Å². The number of hydrogen-bond acceptors (Lipinski definition) is 4. The molecule has 1 amide bonds. The van der Waals surface area contributed by atoms with Gasteiger partial charge in [-0.15, -0.1) is 0 Å². The summed E-state index contributed by atoms with van der Waals surface area (Å²) in [6.07, 6.45) is 3.35. The number of pyridine rings is 1. The number of aryl methyl sites for hydroxylation is 1. The molecule has 0 unspecified atom stereocenters. The van der Waals surface area contributed by atoms with E-state index in [9.17, 15) is 9.59 Å². The van der Waals surface area contributed by atoms with Crippen LogP contribution in [0.5, 0.6) is 0 Å². The summed E-state index contributed by atoms with van der Waals surface area (Å²) in [4.78, 5) is 23.4. The molecule has 0 saturated heterocycles. The Morgan fingerprint density at radius 2 is 1.94 bits per heavy atom. The molecule has 0 fully saturated rings. The van der Waals surface area contributed by atoms with Gasteiger partial charge in [0.15, 0.2) is 0 Å². The van der Waals surface area contributed by atoms with Crippen molar-refractivity contribution in [2.45, 2.75) is 12.8 Å². The zero-order valence-corrected chi connectivity index (χ0v) is 8.92. The summed E-state index contributed by atoms with van der Waals surface area (Å²) < 4.78 is 3.89. The molecule has 0 bridgehead atoms. The first kappa shape index (κ1) is 13.9. The minimum absolute atomic E-state index is 0.185. The van der Waals surface area contributed by atoms with E-state index in [0.29, 0.717) is 6.42 Å². The van der Waals surface area contributed by atoms with E-state index in [1.807, 2.05) is 12.1 Å². The number of carbonyl (C=O) groups is 2. The van der Waals surface area contributed by atoms with Crippen LogP contribution < -0.4 is 5.73 Å². The van der Waals surface area contributed by atoms with Crippen LogP contribution in [0, 0.1) is 0 Å². The molecule has 0 aliphatic rings. The van der Waals surface area contributed by atoms with Gasteiger partial charge in [0.1, 0.15) is 0 Å². The van der Waals surface area contributed by atoms with Crippen molar-refractivity contribution in [3.05, 3.63) is 30.1 Å². The van der Waals surface area contributed by atoms with Crippen LogP contribution in [0.25, 0.3) is 0 Å². The van der Waals surface area contributed by atoms with E-state index in [-0.39, 0.29) is 6.42 Å². The number of nitrogens with two attached hydrogens (primary N) is 1. The van der Waals surface area contributed by atoms with E-state index in [1.54, 1.807) is 12.4 Å². The van der Waals surface area contributed by atoms with Gasteiger partial charge in [-0.3, -0.25) is 9.78 Å². The number of aromatic nitrogens is 1. The molecular formula is C10H14N2O4. The quantitative estimate of drug-likeness (QED) is 0.793. The Labute approximate surface area is 93.1 Å². The highest BCUT2D eigenvalue weighted by Gasteiger charge is 1.96. The lowest BCUT2D eigenvalue weighted by Crippen LogP contribution is -2.08. The van der Waals surface area contributed by atoms with Crippen molar-refractivity contribution >= 4 is 12.1 Å². The minimum atomic E-state index is -0.762. The molecule has 1 rings (SSSR count). The van der Waals surface area contributed by atoms with Crippen LogP contribution >= 0.6 is 0 Å². The van der Waals surface area contributed by atoms with Gasteiger partial charge in [-0.25, -0.2) is 4.79 Å². The van der Waals surface area contributed by atoms with Crippen LogP contribution in [0.2, 0.25) is 0 Å². The highest BCUT2D eigenvalue weighted by atomic mass is 16.5. The number of carboxylic acids is 1. The largest absolute Gasteiger partial charge is 0.481 e. The van der Waals surface area contributed by atoms with Crippen molar-refractivity contribution in [2.24, 2.45) is 5.73 Å². The van der Waals surface area contributed by atoms with Gasteiger partial charge in [0.25, 0.3) is 0 Å². The van der Waals surface area contributed by atoms with E-state index in [4.69, 9.17) is 5.11 Å². The van der Waals surface area contributed by atoms with Crippen LogP contribution in [0.4, 0.5) is 4.79 Å². The van der Waals surface area contributed by atoms with E-state index in [1.165, 1.54) is 7.11 Å². The Bertz CT molecular complexity index is 327. The molecule has 0 aliphatic heterocycles. The predicted molar refractivity (Wildman–Crippen MR) is 56.8 cm³/mol. The molecule has 0 saturated carbocycles. The maximum absolute atomic E-state index is 10.2. The number of rotatable bonds is 3. The number of amides is 1. The van der Waals surface area contributed by atoms with Gasteiger partial charge in [0, 0.05) is 18.8 Å². The molecule has 0 atom stereocenters. The lowest BCUT2D eigenvalue weighted by Gasteiger charge is -1.95. The third-order valence-electron chi connectivity index (χ3n) is 1.58. The van der Waals surface area contributed by atoms with Crippen molar-refractivity contribution in [2.75, 3.05) is 7.11 Å². The van der Waals surface area contributed by atoms with Gasteiger partial charge in [0.2, 0.25) is 0 Å². The number of nitrogens with zero attached hydrogens (tertiary/aromatic N) is 1. The Kier molecular flexibility index (Phi) is 7.14. The molecule has 0 radical (unpaired) electrons. The van der Waals surface area contributed by atoms with E-state index >= 15 is 0 Å². The fourth-order valence-electron chi connectivity index (χ4n) is 0.801. The molecule has 6 nitrogen and oxygen atoms in total. The molecule has 6 heteroatoms. The minimum Gasteiger partial charge on any atom is -0.481 e. The standard InChI is InChI=1S/C8H9NO2.C2H5NO2/c10-8(11)2-1-7-3-5-9-6-4-7;1-5-2(3)4/h3-6H,1-2H2,(H,10,11);1H3,(H2,3,4). The van der Waals surface area contributed by atoms with Crippen molar-refractivity contribution in [3.63, 3.8) is 0 Å². The number of primary amides is 1. The predicted octanol–water partition coefficient (Wildman–Crippen LogP) is 0.810. The molecule has 1 aromatic rings. The topological polar surface area (TPSA) is 103 Å². The molecule has 16 heavy (non-hydrogen) atoms. The van der Waals surface area contributed by atoms with Gasteiger partial charge >= 0.3 is 12.1 Å². The lowest BCUT2D eigenvalue weighted by molar-refractivity contribution is -0.136. The Balaban J connectivity index is 0.000000385. The van der Waals surface area contributed by atoms with Crippen LogP contribution in [-0.2, 0) is 16.0 Å². The zero-order valence-electron chi connectivity index (χ0n) is 8.92. The summed E-state index contributed by atoms with van der Waals surface area (Å²) in [7, 11) is 1.22. The summed E-state index contributed by atoms with van der Waals surface area (Å²) in [5, 5.41) is 8.36. The van der Waals surface area contributed by atoms with Gasteiger partial charge in [-0.2, -0.15) is 0 Å². The molecule has 1 heterocycles. The molecular weight excluding hydrogens is 212 g/mol. The van der Waals surface area contributed by atoms with Gasteiger partial charge in [-0.1, -0.05) is 0 Å². The Morgan fingerprint density at radius 3 is 2.31 bits per heavy atom. The number of carbonyl (C=O) groups excluding carboxylic acids is 1. The highest BCUT2D eigenvalue weighted by molar-refractivity contribution is 5.67. The summed E-state index contributed by atoms with van der Waals surface area (Å²) in [5.74, 6) is -0.762. The highest BCUT2D eigenvalue weighted by Crippen LogP contribution is 1.99. The van der Waals surface area contributed by atoms with Crippen molar-refractivity contribution in [1.29, 1.82) is 0 Å². The van der Waals surface area contributed by atoms with E-state index in [2.05, 4.69) is 15.5 Å². The summed E-state index contributed by atoms with van der Waals surface area (Å²) >= 11 is 0. The third kappa shape index (κ3) is 8.49. The fraction of sp³-hybridized carbons (Fsp3) is 0.300. The number of hydrogen-bond donors (Lipinski definition) is 2. The van der Waals surface area contributed by atoms with Crippen LogP contribution in [0.3, 0.4) is 0 Å². The van der Waals surface area contributed by atoms with Crippen LogP contribution in [0.1, 0.15) is 12.0 Å². The maximum Gasteiger partial charge on any atom is 0.404 e. The number of methoxy groups -OCH3 is 1. The zero-order chi connectivity index (χ0) is 12.4. The third-order valence-corrected chi connectivity index (χ3v) is 1.58. The smallest absolute Gasteiger partial charge is 0.404 e. The number of carboxylic acid groups (broad SMARTS) is 1. The first-order valence-electron chi connectivity index (χ1n) is 4.50. The van der Waals surface area contributed by atoms with Gasteiger partial charge in [-0.05, 0) is 24.1 Å². The maximum atomic E-state index is 10.2. The lowest BCUT2D eigenvalue weighted by atomic mass is 10.1. The van der Waals surface area contributed by atoms with E-state index < -0.39 is 12.1 Å². The molecule has 0 spiro atoms. The first-order valence-corrected chi connectivity index (χ1v) is 4.50. The second-order valence-corrected chi connectivity index (χ2v) is 2.77.